The minimum Gasteiger partial charge on any atom is -0.199 e. The molecule has 0 spiro atoms. The molecule has 0 fully saturated rings. The molecule has 64 valence electrons. The van der Waals surface area contributed by atoms with Crippen LogP contribution in [0.4, 0.5) is 0 Å². The molecule has 0 unspecified atom stereocenters. The van der Waals surface area contributed by atoms with Crippen LogP contribution in [0.3, 0.4) is 0 Å². The molecule has 1 heterocycles. The molecule has 1 aromatic carbocycles. The molecule has 0 radical (unpaired) electrons. The van der Waals surface area contributed by atoms with Gasteiger partial charge in [-0.25, -0.2) is 0 Å². The third kappa shape index (κ3) is 1.05. The Morgan fingerprint density at radius 3 is 2.69 bits per heavy atom. The summed E-state index contributed by atoms with van der Waals surface area (Å²) in [5, 5.41) is 0. The van der Waals surface area contributed by atoms with E-state index < -0.39 is 10.0 Å². The summed E-state index contributed by atoms with van der Waals surface area (Å²) in [5.74, 6) is 2.25. The lowest BCUT2D eigenvalue weighted by Gasteiger charge is -1.93. The van der Waals surface area contributed by atoms with Gasteiger partial charge in [-0.3, -0.25) is 0 Å². The van der Waals surface area contributed by atoms with E-state index in [0.29, 0.717) is 5.56 Å². The molecule has 0 saturated heterocycles. The molecule has 0 aromatic heterocycles. The van der Waals surface area contributed by atoms with Crippen molar-refractivity contribution in [1.29, 1.82) is 0 Å². The minimum atomic E-state index is -3.52. The van der Waals surface area contributed by atoms with Crippen LogP contribution < -0.4 is 0 Å². The number of hydrogen-bond donors (Lipinski definition) is 0. The zero-order valence-electron chi connectivity index (χ0n) is 6.56. The van der Waals surface area contributed by atoms with E-state index in [1.165, 1.54) is 6.07 Å². The summed E-state index contributed by atoms with van der Waals surface area (Å²) in [6.07, 6.45) is 5.12. The van der Waals surface area contributed by atoms with Crippen molar-refractivity contribution in [2.45, 2.75) is 4.90 Å². The molecule has 0 amide bonds. The van der Waals surface area contributed by atoms with Gasteiger partial charge in [-0.15, -0.1) is 10.8 Å². The van der Waals surface area contributed by atoms with Gasteiger partial charge in [0.05, 0.1) is 4.90 Å². The molecular formula is C9H5NO2S. The van der Waals surface area contributed by atoms with Gasteiger partial charge in [-0.05, 0) is 12.0 Å². The van der Waals surface area contributed by atoms with E-state index >= 15 is 0 Å². The van der Waals surface area contributed by atoms with Crippen LogP contribution in [-0.2, 0) is 10.0 Å². The number of nitrogens with zero attached hydrogens (tertiary/aromatic N) is 1. The second kappa shape index (κ2) is 2.44. The van der Waals surface area contributed by atoms with E-state index in [0.717, 1.165) is 0 Å². The largest absolute Gasteiger partial charge is 0.284 e. The standard InChI is InChI=1S/C9H5NO2S/c1-2-8-7-5-3-4-6-9(7)13(11,12)10-8/h1,3-6H. The van der Waals surface area contributed by atoms with Gasteiger partial charge in [0.1, 0.15) is 5.71 Å². The lowest BCUT2D eigenvalue weighted by atomic mass is 10.1. The summed E-state index contributed by atoms with van der Waals surface area (Å²) in [5.41, 5.74) is 0.709. The van der Waals surface area contributed by atoms with Gasteiger partial charge in [-0.2, -0.15) is 8.42 Å². The average Bonchev–Trinajstić information content (AvgIpc) is 2.39. The van der Waals surface area contributed by atoms with E-state index in [2.05, 4.69) is 10.3 Å². The maximum atomic E-state index is 11.3. The summed E-state index contributed by atoms with van der Waals surface area (Å²) >= 11 is 0. The number of rotatable bonds is 0. The van der Waals surface area contributed by atoms with Crippen LogP contribution in [0.15, 0.2) is 33.6 Å². The van der Waals surface area contributed by atoms with E-state index in [4.69, 9.17) is 6.42 Å². The summed E-state index contributed by atoms with van der Waals surface area (Å²) in [6.45, 7) is 0. The monoisotopic (exact) mass is 191 g/mol. The first-order valence-corrected chi connectivity index (χ1v) is 5.00. The van der Waals surface area contributed by atoms with E-state index in [-0.39, 0.29) is 10.6 Å². The van der Waals surface area contributed by atoms with Crippen molar-refractivity contribution in [3.63, 3.8) is 0 Å². The van der Waals surface area contributed by atoms with Gasteiger partial charge in [0.2, 0.25) is 0 Å². The highest BCUT2D eigenvalue weighted by Gasteiger charge is 2.26. The van der Waals surface area contributed by atoms with E-state index in [9.17, 15) is 8.42 Å². The molecule has 0 bridgehead atoms. The molecule has 1 aliphatic rings. The fourth-order valence-electron chi connectivity index (χ4n) is 1.21. The maximum Gasteiger partial charge on any atom is 0.284 e. The van der Waals surface area contributed by atoms with Gasteiger partial charge in [0.15, 0.2) is 0 Å². The predicted octanol–water partition coefficient (Wildman–Crippen LogP) is 0.811. The van der Waals surface area contributed by atoms with Crippen LogP contribution in [0, 0.1) is 12.3 Å². The zero-order valence-corrected chi connectivity index (χ0v) is 7.38. The lowest BCUT2D eigenvalue weighted by molar-refractivity contribution is 0.599. The van der Waals surface area contributed by atoms with Crippen molar-refractivity contribution in [2.24, 2.45) is 4.40 Å². The molecule has 3 nitrogen and oxygen atoms in total. The third-order valence-electron chi connectivity index (χ3n) is 1.77. The Morgan fingerprint density at radius 2 is 2.00 bits per heavy atom. The first-order valence-electron chi connectivity index (χ1n) is 3.56. The van der Waals surface area contributed by atoms with Crippen molar-refractivity contribution in [3.05, 3.63) is 29.8 Å². The summed E-state index contributed by atoms with van der Waals surface area (Å²) < 4.78 is 26.1. The second-order valence-corrected chi connectivity index (χ2v) is 4.13. The van der Waals surface area contributed by atoms with E-state index in [1.807, 2.05) is 0 Å². The number of terminal acetylenes is 1. The van der Waals surface area contributed by atoms with Crippen molar-refractivity contribution < 1.29 is 8.42 Å². The Labute approximate surface area is 76.2 Å². The van der Waals surface area contributed by atoms with Crippen molar-refractivity contribution in [3.8, 4) is 12.3 Å². The smallest absolute Gasteiger partial charge is 0.199 e. The van der Waals surface area contributed by atoms with Gasteiger partial charge in [-0.1, -0.05) is 18.2 Å². The third-order valence-corrected chi connectivity index (χ3v) is 3.10. The van der Waals surface area contributed by atoms with Crippen molar-refractivity contribution >= 4 is 15.7 Å². The van der Waals surface area contributed by atoms with Gasteiger partial charge < -0.3 is 0 Å². The first kappa shape index (κ1) is 8.02. The first-order chi connectivity index (χ1) is 6.15. The SMILES string of the molecule is C#CC1=NS(=O)(=O)c2ccccc21. The van der Waals surface area contributed by atoms with Crippen LogP contribution in [0.2, 0.25) is 0 Å². The van der Waals surface area contributed by atoms with Gasteiger partial charge in [0, 0.05) is 5.56 Å². The number of benzene rings is 1. The van der Waals surface area contributed by atoms with Crippen molar-refractivity contribution in [1.82, 2.24) is 0 Å². The molecule has 0 aliphatic carbocycles. The fraction of sp³-hybridized carbons (Fsp3) is 0. The van der Waals surface area contributed by atoms with Gasteiger partial charge in [0.25, 0.3) is 10.0 Å². The Morgan fingerprint density at radius 1 is 1.31 bits per heavy atom. The fourth-order valence-corrected chi connectivity index (χ4v) is 2.39. The highest BCUT2D eigenvalue weighted by molar-refractivity contribution is 7.90. The summed E-state index contributed by atoms with van der Waals surface area (Å²) in [4.78, 5) is 0.197. The Hall–Kier alpha value is -1.60. The lowest BCUT2D eigenvalue weighted by Crippen LogP contribution is -1.93. The number of fused-ring (bicyclic) bond motifs is 1. The molecule has 2 rings (SSSR count). The summed E-state index contributed by atoms with van der Waals surface area (Å²) in [6, 6.07) is 6.52. The normalized spacial score (nSPS) is 17.3. The van der Waals surface area contributed by atoms with Gasteiger partial charge >= 0.3 is 0 Å². The minimum absolute atomic E-state index is 0.190. The zero-order chi connectivity index (χ0) is 9.47. The Bertz CT molecular complexity index is 535. The topological polar surface area (TPSA) is 46.5 Å². The molecule has 0 atom stereocenters. The van der Waals surface area contributed by atoms with Crippen LogP contribution in [0.25, 0.3) is 0 Å². The average molecular weight is 191 g/mol. The molecule has 1 aromatic rings. The molecule has 0 saturated carbocycles. The second-order valence-electron chi connectivity index (χ2n) is 2.56. The van der Waals surface area contributed by atoms with Crippen LogP contribution >= 0.6 is 0 Å². The number of hydrogen-bond acceptors (Lipinski definition) is 2. The molecule has 4 heteroatoms. The maximum absolute atomic E-state index is 11.3. The van der Waals surface area contributed by atoms with Crippen LogP contribution in [-0.4, -0.2) is 14.1 Å². The quantitative estimate of drug-likeness (QED) is 0.570. The van der Waals surface area contributed by atoms with Crippen LogP contribution in [0.1, 0.15) is 5.56 Å². The van der Waals surface area contributed by atoms with Crippen molar-refractivity contribution in [2.75, 3.05) is 0 Å². The van der Waals surface area contributed by atoms with Crippen LogP contribution in [0.5, 0.6) is 0 Å². The molecular weight excluding hydrogens is 186 g/mol. The molecule has 13 heavy (non-hydrogen) atoms. The molecule has 0 N–H and O–H groups in total. The Balaban J connectivity index is 2.85. The highest BCUT2D eigenvalue weighted by atomic mass is 32.2. The summed E-state index contributed by atoms with van der Waals surface area (Å²) in [7, 11) is -3.52. The Kier molecular flexibility index (Phi) is 1.51. The van der Waals surface area contributed by atoms with E-state index in [1.54, 1.807) is 18.2 Å². The molecule has 1 aliphatic heterocycles. The highest BCUT2D eigenvalue weighted by Crippen LogP contribution is 2.25. The predicted molar refractivity (Wildman–Crippen MR) is 49.0 cm³/mol. The number of sulfonamides is 1.